The smallest absolute Gasteiger partial charge is 0.228 e. The fraction of sp³-hybridized carbons (Fsp3) is 0.241. The summed E-state index contributed by atoms with van der Waals surface area (Å²) in [5, 5.41) is 15.6. The Hall–Kier alpha value is -3.65. The number of benzene rings is 3. The normalized spacial score (nSPS) is 14.7. The molecule has 190 valence electrons. The standard InChI is InChI=1S/C29H30ClN5O2/c1-34(26(36)13-16-35-17-14-31-15-18-35)23-10-8-22(9-11-23)32-28(20-5-3-2-4-6-20)27-24-12-7-21(30)19-25(24)33-29(27)37/h2-12,19,31,33,37H,13-18H2,1H3. The van der Waals surface area contributed by atoms with Gasteiger partial charge in [-0.1, -0.05) is 48.0 Å². The van der Waals surface area contributed by atoms with Crippen LogP contribution >= 0.6 is 11.6 Å². The number of hydrogen-bond acceptors (Lipinski definition) is 5. The first-order chi connectivity index (χ1) is 18.0. The first kappa shape index (κ1) is 25.0. The van der Waals surface area contributed by atoms with E-state index in [1.807, 2.05) is 67.7 Å². The summed E-state index contributed by atoms with van der Waals surface area (Å²) in [6.45, 7) is 4.67. The van der Waals surface area contributed by atoms with Gasteiger partial charge < -0.3 is 25.2 Å². The number of aromatic hydroxyl groups is 1. The van der Waals surface area contributed by atoms with Crippen LogP contribution in [0.1, 0.15) is 17.5 Å². The summed E-state index contributed by atoms with van der Waals surface area (Å²) in [5.41, 5.74) is 4.39. The van der Waals surface area contributed by atoms with Gasteiger partial charge in [0.15, 0.2) is 5.88 Å². The van der Waals surface area contributed by atoms with Gasteiger partial charge in [-0.25, -0.2) is 4.99 Å². The highest BCUT2D eigenvalue weighted by Crippen LogP contribution is 2.33. The third kappa shape index (κ3) is 5.69. The number of halogens is 1. The average molecular weight is 516 g/mol. The number of piperazine rings is 1. The lowest BCUT2D eigenvalue weighted by atomic mass is 10.0. The number of carbonyl (C=O) groups is 1. The number of nitrogens with one attached hydrogen (secondary N) is 2. The van der Waals surface area contributed by atoms with Crippen molar-refractivity contribution in [1.29, 1.82) is 0 Å². The molecule has 1 aliphatic heterocycles. The molecule has 3 aromatic carbocycles. The first-order valence-corrected chi connectivity index (χ1v) is 12.8. The van der Waals surface area contributed by atoms with Crippen molar-refractivity contribution in [2.24, 2.45) is 4.99 Å². The molecule has 1 fully saturated rings. The molecule has 0 radical (unpaired) electrons. The molecule has 3 N–H and O–H groups in total. The third-order valence-corrected chi connectivity index (χ3v) is 6.96. The van der Waals surface area contributed by atoms with E-state index in [2.05, 4.69) is 15.2 Å². The largest absolute Gasteiger partial charge is 0.494 e. The molecular weight excluding hydrogens is 486 g/mol. The molecule has 1 aromatic heterocycles. The lowest BCUT2D eigenvalue weighted by Gasteiger charge is -2.27. The first-order valence-electron chi connectivity index (χ1n) is 12.4. The Balaban J connectivity index is 1.41. The van der Waals surface area contributed by atoms with Crippen LogP contribution in [0.4, 0.5) is 11.4 Å². The third-order valence-electron chi connectivity index (χ3n) is 6.73. The van der Waals surface area contributed by atoms with Crippen LogP contribution in [0, 0.1) is 0 Å². The van der Waals surface area contributed by atoms with Crippen molar-refractivity contribution in [3.8, 4) is 5.88 Å². The lowest BCUT2D eigenvalue weighted by molar-refractivity contribution is -0.118. The van der Waals surface area contributed by atoms with Gasteiger partial charge in [0.25, 0.3) is 0 Å². The fourth-order valence-corrected chi connectivity index (χ4v) is 4.81. The number of aromatic amines is 1. The van der Waals surface area contributed by atoms with E-state index in [-0.39, 0.29) is 11.8 Å². The van der Waals surface area contributed by atoms with Crippen molar-refractivity contribution in [3.05, 3.63) is 88.9 Å². The van der Waals surface area contributed by atoms with Gasteiger partial charge in [-0.15, -0.1) is 0 Å². The number of aliphatic imine (C=N–C) groups is 1. The van der Waals surface area contributed by atoms with Gasteiger partial charge >= 0.3 is 0 Å². The topological polar surface area (TPSA) is 84.0 Å². The summed E-state index contributed by atoms with van der Waals surface area (Å²) in [6, 6.07) is 22.8. The number of fused-ring (bicyclic) bond motifs is 1. The molecule has 1 saturated heterocycles. The van der Waals surface area contributed by atoms with Gasteiger partial charge in [0.2, 0.25) is 5.91 Å². The summed E-state index contributed by atoms with van der Waals surface area (Å²) in [4.78, 5) is 24.8. The zero-order valence-corrected chi connectivity index (χ0v) is 21.5. The molecule has 0 atom stereocenters. The number of carbonyl (C=O) groups excluding carboxylic acids is 1. The number of amides is 1. The number of rotatable bonds is 7. The molecule has 0 bridgehead atoms. The number of anilines is 1. The van der Waals surface area contributed by atoms with E-state index in [0.717, 1.165) is 54.9 Å². The Labute approximate surface area is 221 Å². The molecule has 8 heteroatoms. The Morgan fingerprint density at radius 3 is 2.51 bits per heavy atom. The van der Waals surface area contributed by atoms with Crippen LogP contribution < -0.4 is 10.2 Å². The number of hydrogen-bond donors (Lipinski definition) is 3. The SMILES string of the molecule is CN(C(=O)CCN1CCNCC1)c1ccc(N=C(c2ccccc2)c2c(O)[nH]c3cc(Cl)ccc23)cc1. The molecule has 5 rings (SSSR count). The summed E-state index contributed by atoms with van der Waals surface area (Å²) in [6.07, 6.45) is 0.485. The maximum absolute atomic E-state index is 12.8. The van der Waals surface area contributed by atoms with Crippen molar-refractivity contribution >= 4 is 45.5 Å². The maximum atomic E-state index is 12.8. The van der Waals surface area contributed by atoms with Crippen LogP contribution in [-0.2, 0) is 4.79 Å². The second kappa shape index (κ2) is 11.2. The quantitative estimate of drug-likeness (QED) is 0.304. The Morgan fingerprint density at radius 2 is 1.78 bits per heavy atom. The van der Waals surface area contributed by atoms with Crippen molar-refractivity contribution < 1.29 is 9.90 Å². The summed E-state index contributed by atoms with van der Waals surface area (Å²) in [7, 11) is 1.81. The zero-order valence-electron chi connectivity index (χ0n) is 20.7. The van der Waals surface area contributed by atoms with Crippen molar-refractivity contribution in [2.75, 3.05) is 44.7 Å². The molecule has 1 aliphatic rings. The molecule has 4 aromatic rings. The summed E-state index contributed by atoms with van der Waals surface area (Å²) < 4.78 is 0. The number of nitrogens with zero attached hydrogens (tertiary/aromatic N) is 3. The highest BCUT2D eigenvalue weighted by atomic mass is 35.5. The van der Waals surface area contributed by atoms with Crippen LogP contribution in [0.15, 0.2) is 77.8 Å². The Kier molecular flexibility index (Phi) is 7.55. The Bertz CT molecular complexity index is 1410. The van der Waals surface area contributed by atoms with Gasteiger partial charge in [0.1, 0.15) is 0 Å². The fourth-order valence-electron chi connectivity index (χ4n) is 4.64. The van der Waals surface area contributed by atoms with Gasteiger partial charge in [-0.2, -0.15) is 0 Å². The average Bonchev–Trinajstić information content (AvgIpc) is 3.25. The molecular formula is C29H30ClN5O2. The minimum atomic E-state index is 0.0336. The minimum Gasteiger partial charge on any atom is -0.494 e. The monoisotopic (exact) mass is 515 g/mol. The molecule has 0 aliphatic carbocycles. The van der Waals surface area contributed by atoms with Gasteiger partial charge in [0, 0.05) is 67.9 Å². The lowest BCUT2D eigenvalue weighted by Crippen LogP contribution is -2.44. The number of aromatic nitrogens is 1. The van der Waals surface area contributed by atoms with Gasteiger partial charge in [0.05, 0.1) is 22.5 Å². The van der Waals surface area contributed by atoms with Gasteiger partial charge in [-0.3, -0.25) is 4.79 Å². The van der Waals surface area contributed by atoms with Crippen LogP contribution in [0.25, 0.3) is 10.9 Å². The molecule has 0 spiro atoms. The molecule has 0 unspecified atom stereocenters. The maximum Gasteiger partial charge on any atom is 0.228 e. The minimum absolute atomic E-state index is 0.0336. The number of H-pyrrole nitrogens is 1. The second-order valence-corrected chi connectivity index (χ2v) is 9.61. The van der Waals surface area contributed by atoms with Crippen molar-refractivity contribution in [2.45, 2.75) is 6.42 Å². The van der Waals surface area contributed by atoms with E-state index in [4.69, 9.17) is 16.6 Å². The van der Waals surface area contributed by atoms with E-state index in [1.165, 1.54) is 0 Å². The van der Waals surface area contributed by atoms with Crippen molar-refractivity contribution in [3.63, 3.8) is 0 Å². The van der Waals surface area contributed by atoms with E-state index in [0.29, 0.717) is 28.4 Å². The van der Waals surface area contributed by atoms with Crippen LogP contribution in [0.5, 0.6) is 5.88 Å². The van der Waals surface area contributed by atoms with E-state index in [9.17, 15) is 9.90 Å². The second-order valence-electron chi connectivity index (χ2n) is 9.18. The molecule has 1 amide bonds. The van der Waals surface area contributed by atoms with E-state index >= 15 is 0 Å². The molecule has 2 heterocycles. The summed E-state index contributed by atoms with van der Waals surface area (Å²) in [5.74, 6) is 0.119. The molecule has 37 heavy (non-hydrogen) atoms. The zero-order chi connectivity index (χ0) is 25.8. The molecule has 7 nitrogen and oxygen atoms in total. The van der Waals surface area contributed by atoms with E-state index < -0.39 is 0 Å². The van der Waals surface area contributed by atoms with E-state index in [1.54, 1.807) is 17.0 Å². The predicted octanol–water partition coefficient (Wildman–Crippen LogP) is 4.95. The van der Waals surface area contributed by atoms with Gasteiger partial charge in [-0.05, 0) is 36.4 Å². The van der Waals surface area contributed by atoms with Crippen LogP contribution in [0.3, 0.4) is 0 Å². The molecule has 0 saturated carbocycles. The Morgan fingerprint density at radius 1 is 1.05 bits per heavy atom. The predicted molar refractivity (Wildman–Crippen MR) is 150 cm³/mol. The summed E-state index contributed by atoms with van der Waals surface area (Å²) >= 11 is 6.16. The highest BCUT2D eigenvalue weighted by molar-refractivity contribution is 6.31. The van der Waals surface area contributed by atoms with Crippen LogP contribution in [0.2, 0.25) is 5.02 Å². The highest BCUT2D eigenvalue weighted by Gasteiger charge is 2.19. The van der Waals surface area contributed by atoms with Crippen molar-refractivity contribution in [1.82, 2.24) is 15.2 Å². The van der Waals surface area contributed by atoms with Crippen LogP contribution in [-0.4, -0.2) is 66.4 Å².